The number of nitrogens with zero attached hydrogens (tertiary/aromatic N) is 1. The Balaban J connectivity index is 2.00. The summed E-state index contributed by atoms with van der Waals surface area (Å²) in [6.07, 6.45) is 1.82. The molecule has 21 heavy (non-hydrogen) atoms. The van der Waals surface area contributed by atoms with Crippen LogP contribution in [-0.2, 0) is 0 Å². The normalized spacial score (nSPS) is 11.3. The number of nitrogens with one attached hydrogen (secondary N) is 1. The number of benzene rings is 2. The number of hydrogen-bond donors (Lipinski definition) is 1. The largest absolute Gasteiger partial charge is 0.358 e. The molecule has 2 aromatic carbocycles. The zero-order valence-corrected chi connectivity index (χ0v) is 11.5. The minimum Gasteiger partial charge on any atom is -0.358 e. The van der Waals surface area contributed by atoms with Gasteiger partial charge in [0, 0.05) is 22.5 Å². The van der Waals surface area contributed by atoms with Crippen molar-refractivity contribution in [1.29, 1.82) is 0 Å². The molecule has 2 aromatic heterocycles. The smallest absolute Gasteiger partial charge is 0.147 e. The molecule has 0 saturated heterocycles. The highest BCUT2D eigenvalue weighted by Crippen LogP contribution is 2.30. The van der Waals surface area contributed by atoms with Gasteiger partial charge in [0.05, 0.1) is 16.7 Å². The monoisotopic (exact) mass is 276 g/mol. The van der Waals surface area contributed by atoms with Crippen LogP contribution < -0.4 is 0 Å². The molecule has 0 radical (unpaired) electrons. The number of fused-ring (bicyclic) bond motifs is 2. The predicted molar refractivity (Wildman–Crippen MR) is 83.7 cm³/mol. The predicted octanol–water partition coefficient (Wildman–Crippen LogP) is 4.83. The van der Waals surface area contributed by atoms with Crippen LogP contribution in [0.5, 0.6) is 0 Å². The first-order chi connectivity index (χ1) is 10.2. The summed E-state index contributed by atoms with van der Waals surface area (Å²) in [6, 6.07) is 15.5. The minimum atomic E-state index is -0.225. The summed E-state index contributed by atoms with van der Waals surface area (Å²) >= 11 is 0. The third-order valence-corrected chi connectivity index (χ3v) is 3.76. The van der Waals surface area contributed by atoms with E-state index in [1.807, 2.05) is 55.6 Å². The second kappa shape index (κ2) is 4.42. The Morgan fingerprint density at radius 3 is 2.81 bits per heavy atom. The zero-order chi connectivity index (χ0) is 14.4. The Morgan fingerprint density at radius 1 is 1.05 bits per heavy atom. The highest BCUT2D eigenvalue weighted by molar-refractivity contribution is 5.96. The number of H-pyrrole nitrogens is 1. The van der Waals surface area contributed by atoms with E-state index in [0.717, 1.165) is 33.1 Å². The molecular weight excluding hydrogens is 263 g/mol. The lowest BCUT2D eigenvalue weighted by Crippen LogP contribution is -1.85. The van der Waals surface area contributed by atoms with Crippen molar-refractivity contribution < 1.29 is 4.39 Å². The first-order valence-corrected chi connectivity index (χ1v) is 6.86. The zero-order valence-electron chi connectivity index (χ0n) is 11.5. The van der Waals surface area contributed by atoms with Gasteiger partial charge in [-0.05, 0) is 36.8 Å². The fourth-order valence-electron chi connectivity index (χ4n) is 2.75. The molecule has 0 saturated carbocycles. The maximum Gasteiger partial charge on any atom is 0.147 e. The maximum atomic E-state index is 14.0. The van der Waals surface area contributed by atoms with Crippen LogP contribution in [0, 0.1) is 12.7 Å². The summed E-state index contributed by atoms with van der Waals surface area (Å²) in [7, 11) is 0. The standard InChI is InChI=1S/C18H13FN2/c1-11-8-13-14(10-20-18(13)15(19)9-11)17-7-6-12-4-2-3-5-16(12)21-17/h2-10,20H,1H3. The van der Waals surface area contributed by atoms with Crippen LogP contribution in [0.25, 0.3) is 33.1 Å². The van der Waals surface area contributed by atoms with Crippen molar-refractivity contribution in [3.05, 3.63) is 66.1 Å². The molecule has 0 bridgehead atoms. The number of pyridine rings is 1. The van der Waals surface area contributed by atoms with Gasteiger partial charge in [-0.2, -0.15) is 0 Å². The molecule has 102 valence electrons. The average Bonchev–Trinajstić information content (AvgIpc) is 2.91. The second-order valence-electron chi connectivity index (χ2n) is 5.26. The van der Waals surface area contributed by atoms with Crippen molar-refractivity contribution >= 4 is 21.8 Å². The summed E-state index contributed by atoms with van der Waals surface area (Å²) in [5.74, 6) is -0.225. The Morgan fingerprint density at radius 2 is 1.90 bits per heavy atom. The van der Waals surface area contributed by atoms with Crippen molar-refractivity contribution in [2.24, 2.45) is 0 Å². The Kier molecular flexibility index (Phi) is 2.54. The van der Waals surface area contributed by atoms with Gasteiger partial charge in [0.2, 0.25) is 0 Å². The Labute approximate surface area is 121 Å². The van der Waals surface area contributed by atoms with Gasteiger partial charge in [-0.3, -0.25) is 0 Å². The molecule has 1 N–H and O–H groups in total. The number of para-hydroxylation sites is 1. The number of aromatic nitrogens is 2. The maximum absolute atomic E-state index is 14.0. The quantitative estimate of drug-likeness (QED) is 0.530. The summed E-state index contributed by atoms with van der Waals surface area (Å²) < 4.78 is 14.0. The van der Waals surface area contributed by atoms with Gasteiger partial charge in [0.15, 0.2) is 0 Å². The van der Waals surface area contributed by atoms with Crippen molar-refractivity contribution in [3.63, 3.8) is 0 Å². The van der Waals surface area contributed by atoms with Crippen molar-refractivity contribution in [3.8, 4) is 11.3 Å². The summed E-state index contributed by atoms with van der Waals surface area (Å²) in [5.41, 5.74) is 4.16. The van der Waals surface area contributed by atoms with Gasteiger partial charge in [-0.1, -0.05) is 24.3 Å². The van der Waals surface area contributed by atoms with Crippen LogP contribution in [0.4, 0.5) is 4.39 Å². The highest BCUT2D eigenvalue weighted by Gasteiger charge is 2.11. The number of hydrogen-bond acceptors (Lipinski definition) is 1. The van der Waals surface area contributed by atoms with Gasteiger partial charge in [-0.15, -0.1) is 0 Å². The van der Waals surface area contributed by atoms with E-state index in [9.17, 15) is 4.39 Å². The van der Waals surface area contributed by atoms with E-state index in [2.05, 4.69) is 9.97 Å². The van der Waals surface area contributed by atoms with Gasteiger partial charge in [0.1, 0.15) is 5.82 Å². The van der Waals surface area contributed by atoms with Crippen molar-refractivity contribution in [2.45, 2.75) is 6.92 Å². The van der Waals surface area contributed by atoms with Crippen molar-refractivity contribution in [2.75, 3.05) is 0 Å². The molecule has 4 aromatic rings. The van der Waals surface area contributed by atoms with E-state index in [1.54, 1.807) is 0 Å². The van der Waals surface area contributed by atoms with E-state index >= 15 is 0 Å². The number of rotatable bonds is 1. The average molecular weight is 276 g/mol. The number of aromatic amines is 1. The summed E-state index contributed by atoms with van der Waals surface area (Å²) in [4.78, 5) is 7.70. The molecule has 0 aliphatic rings. The van der Waals surface area contributed by atoms with Crippen LogP contribution >= 0.6 is 0 Å². The van der Waals surface area contributed by atoms with Crippen LogP contribution in [0.2, 0.25) is 0 Å². The van der Waals surface area contributed by atoms with Gasteiger partial charge < -0.3 is 4.98 Å². The molecule has 3 heteroatoms. The van der Waals surface area contributed by atoms with Crippen LogP contribution in [0.3, 0.4) is 0 Å². The fraction of sp³-hybridized carbons (Fsp3) is 0.0556. The third-order valence-electron chi connectivity index (χ3n) is 3.76. The second-order valence-corrected chi connectivity index (χ2v) is 5.26. The summed E-state index contributed by atoms with van der Waals surface area (Å²) in [5, 5.41) is 1.97. The Hall–Kier alpha value is -2.68. The van der Waals surface area contributed by atoms with E-state index < -0.39 is 0 Å². The SMILES string of the molecule is Cc1cc(F)c2[nH]cc(-c3ccc4ccccc4n3)c2c1. The lowest BCUT2D eigenvalue weighted by molar-refractivity contribution is 0.636. The van der Waals surface area contributed by atoms with Crippen LogP contribution in [0.15, 0.2) is 54.7 Å². The highest BCUT2D eigenvalue weighted by atomic mass is 19.1. The lowest BCUT2D eigenvalue weighted by atomic mass is 10.1. The summed E-state index contributed by atoms with van der Waals surface area (Å²) in [6.45, 7) is 1.90. The number of halogens is 1. The van der Waals surface area contributed by atoms with E-state index in [-0.39, 0.29) is 5.82 Å². The van der Waals surface area contributed by atoms with Crippen molar-refractivity contribution in [1.82, 2.24) is 9.97 Å². The first-order valence-electron chi connectivity index (χ1n) is 6.86. The molecule has 0 atom stereocenters. The number of aryl methyl sites for hydroxylation is 1. The topological polar surface area (TPSA) is 28.7 Å². The molecular formula is C18H13FN2. The van der Waals surface area contributed by atoms with E-state index in [4.69, 9.17) is 0 Å². The van der Waals surface area contributed by atoms with Gasteiger partial charge >= 0.3 is 0 Å². The molecule has 0 spiro atoms. The molecule has 0 fully saturated rings. The van der Waals surface area contributed by atoms with Crippen LogP contribution in [0.1, 0.15) is 5.56 Å². The molecule has 0 amide bonds. The molecule has 0 aliphatic carbocycles. The molecule has 2 nitrogen and oxygen atoms in total. The lowest BCUT2D eigenvalue weighted by Gasteiger charge is -2.03. The molecule has 0 aliphatic heterocycles. The Bertz CT molecular complexity index is 969. The molecule has 2 heterocycles. The fourth-order valence-corrected chi connectivity index (χ4v) is 2.75. The molecule has 4 rings (SSSR count). The van der Waals surface area contributed by atoms with E-state index in [1.165, 1.54) is 6.07 Å². The minimum absolute atomic E-state index is 0.225. The molecule has 0 unspecified atom stereocenters. The van der Waals surface area contributed by atoms with Crippen LogP contribution in [-0.4, -0.2) is 9.97 Å². The van der Waals surface area contributed by atoms with Gasteiger partial charge in [-0.25, -0.2) is 9.37 Å². The van der Waals surface area contributed by atoms with Gasteiger partial charge in [0.25, 0.3) is 0 Å². The third kappa shape index (κ3) is 1.89. The van der Waals surface area contributed by atoms with E-state index in [0.29, 0.717) is 5.52 Å². The first kappa shape index (κ1) is 12.1.